The highest BCUT2D eigenvalue weighted by molar-refractivity contribution is 9.10. The molecule has 0 bridgehead atoms. The number of hydrogen-bond acceptors (Lipinski definition) is 3. The molecule has 0 radical (unpaired) electrons. The Morgan fingerprint density at radius 1 is 1.33 bits per heavy atom. The Morgan fingerprint density at radius 2 is 2.17 bits per heavy atom. The van der Waals surface area contributed by atoms with Crippen LogP contribution in [0.5, 0.6) is 5.88 Å². The van der Waals surface area contributed by atoms with Gasteiger partial charge in [0, 0.05) is 28.5 Å². The molecule has 1 aromatic carbocycles. The van der Waals surface area contributed by atoms with E-state index in [1.807, 2.05) is 18.2 Å². The van der Waals surface area contributed by atoms with Crippen LogP contribution in [-0.2, 0) is 6.54 Å². The fourth-order valence-electron chi connectivity index (χ4n) is 1.76. The molecule has 94 valence electrons. The molecule has 4 heteroatoms. The van der Waals surface area contributed by atoms with Crippen LogP contribution in [0.25, 0.3) is 0 Å². The van der Waals surface area contributed by atoms with Crippen molar-refractivity contribution in [2.24, 2.45) is 0 Å². The van der Waals surface area contributed by atoms with Crippen molar-refractivity contribution in [3.05, 3.63) is 52.1 Å². The third-order valence-electron chi connectivity index (χ3n) is 2.70. The van der Waals surface area contributed by atoms with Crippen LogP contribution >= 0.6 is 15.9 Å². The molecule has 18 heavy (non-hydrogen) atoms. The Bertz CT molecular complexity index is 543. The molecular weight excluding hydrogens is 292 g/mol. The summed E-state index contributed by atoms with van der Waals surface area (Å²) < 4.78 is 6.31. The lowest BCUT2D eigenvalue weighted by Crippen LogP contribution is -2.03. The molecule has 0 spiro atoms. The number of pyridine rings is 1. The molecule has 2 aromatic rings. The van der Waals surface area contributed by atoms with Crippen LogP contribution in [-0.4, -0.2) is 12.1 Å². The van der Waals surface area contributed by atoms with Gasteiger partial charge in [-0.15, -0.1) is 0 Å². The fraction of sp³-hybridized carbons (Fsp3) is 0.214. The van der Waals surface area contributed by atoms with E-state index in [0.29, 0.717) is 12.4 Å². The topological polar surface area (TPSA) is 34.1 Å². The van der Waals surface area contributed by atoms with Crippen LogP contribution in [0.4, 0.5) is 5.69 Å². The summed E-state index contributed by atoms with van der Waals surface area (Å²) in [5.41, 5.74) is 3.36. The minimum atomic E-state index is 0.666. The van der Waals surface area contributed by atoms with Gasteiger partial charge in [-0.2, -0.15) is 0 Å². The lowest BCUT2D eigenvalue weighted by Gasteiger charge is -2.11. The smallest absolute Gasteiger partial charge is 0.218 e. The maximum Gasteiger partial charge on any atom is 0.218 e. The summed E-state index contributed by atoms with van der Waals surface area (Å²) >= 11 is 3.46. The lowest BCUT2D eigenvalue weighted by atomic mass is 10.2. The standard InChI is InChI=1S/C14H15BrN2O/c1-10-8-12(15)5-6-13(10)17-9-11-4-3-7-16-14(11)18-2/h3-8,17H,9H2,1-2H3. The predicted octanol–water partition coefficient (Wildman–Crippen LogP) is 3.77. The number of rotatable bonds is 4. The number of aryl methyl sites for hydroxylation is 1. The van der Waals surface area contributed by atoms with Gasteiger partial charge in [0.25, 0.3) is 0 Å². The maximum absolute atomic E-state index is 5.22. The third-order valence-corrected chi connectivity index (χ3v) is 3.19. The second-order valence-electron chi connectivity index (χ2n) is 3.98. The molecule has 0 unspecified atom stereocenters. The largest absolute Gasteiger partial charge is 0.481 e. The minimum Gasteiger partial charge on any atom is -0.481 e. The average Bonchev–Trinajstić information content (AvgIpc) is 2.38. The van der Waals surface area contributed by atoms with Gasteiger partial charge < -0.3 is 10.1 Å². The van der Waals surface area contributed by atoms with Crippen molar-refractivity contribution in [3.8, 4) is 5.88 Å². The quantitative estimate of drug-likeness (QED) is 0.933. The Kier molecular flexibility index (Phi) is 4.20. The van der Waals surface area contributed by atoms with E-state index in [9.17, 15) is 0 Å². The van der Waals surface area contributed by atoms with Gasteiger partial charge in [0.15, 0.2) is 0 Å². The minimum absolute atomic E-state index is 0.666. The van der Waals surface area contributed by atoms with Crippen molar-refractivity contribution >= 4 is 21.6 Å². The number of methoxy groups -OCH3 is 1. The van der Waals surface area contributed by atoms with E-state index in [4.69, 9.17) is 4.74 Å². The predicted molar refractivity (Wildman–Crippen MR) is 77.0 cm³/mol. The number of ether oxygens (including phenoxy) is 1. The maximum atomic E-state index is 5.22. The first-order chi connectivity index (χ1) is 8.70. The lowest BCUT2D eigenvalue weighted by molar-refractivity contribution is 0.393. The van der Waals surface area contributed by atoms with E-state index in [-0.39, 0.29) is 0 Å². The summed E-state index contributed by atoms with van der Waals surface area (Å²) in [6.07, 6.45) is 1.73. The normalized spacial score (nSPS) is 10.2. The van der Waals surface area contributed by atoms with Gasteiger partial charge >= 0.3 is 0 Å². The first-order valence-corrected chi connectivity index (χ1v) is 6.48. The molecule has 0 aliphatic rings. The van der Waals surface area contributed by atoms with Crippen LogP contribution < -0.4 is 10.1 Å². The average molecular weight is 307 g/mol. The van der Waals surface area contributed by atoms with E-state index < -0.39 is 0 Å². The number of benzene rings is 1. The molecule has 1 aromatic heterocycles. The summed E-state index contributed by atoms with van der Waals surface area (Å²) in [5.74, 6) is 0.666. The summed E-state index contributed by atoms with van der Waals surface area (Å²) in [4.78, 5) is 4.18. The van der Waals surface area contributed by atoms with Crippen LogP contribution in [0, 0.1) is 6.92 Å². The zero-order valence-electron chi connectivity index (χ0n) is 10.4. The van der Waals surface area contributed by atoms with Crippen LogP contribution in [0.3, 0.4) is 0 Å². The van der Waals surface area contributed by atoms with Crippen LogP contribution in [0.15, 0.2) is 41.0 Å². The Balaban J connectivity index is 2.11. The molecule has 0 aliphatic carbocycles. The zero-order valence-corrected chi connectivity index (χ0v) is 12.0. The molecule has 0 saturated heterocycles. The molecule has 0 saturated carbocycles. The van der Waals surface area contributed by atoms with E-state index in [1.54, 1.807) is 13.3 Å². The zero-order chi connectivity index (χ0) is 13.0. The summed E-state index contributed by atoms with van der Waals surface area (Å²) in [7, 11) is 1.64. The number of anilines is 1. The first-order valence-electron chi connectivity index (χ1n) is 5.68. The van der Waals surface area contributed by atoms with Crippen LogP contribution in [0.2, 0.25) is 0 Å². The summed E-state index contributed by atoms with van der Waals surface area (Å²) in [6, 6.07) is 10.1. The van der Waals surface area contributed by atoms with Crippen molar-refractivity contribution in [1.82, 2.24) is 4.98 Å². The molecule has 1 N–H and O–H groups in total. The summed E-state index contributed by atoms with van der Waals surface area (Å²) in [5, 5.41) is 3.39. The van der Waals surface area contributed by atoms with Crippen molar-refractivity contribution in [3.63, 3.8) is 0 Å². The van der Waals surface area contributed by atoms with Gasteiger partial charge in [-0.05, 0) is 36.8 Å². The Morgan fingerprint density at radius 3 is 2.89 bits per heavy atom. The number of halogens is 1. The van der Waals surface area contributed by atoms with Gasteiger partial charge in [-0.1, -0.05) is 22.0 Å². The fourth-order valence-corrected chi connectivity index (χ4v) is 2.23. The molecule has 0 atom stereocenters. The Labute approximate surface area is 115 Å². The Hall–Kier alpha value is -1.55. The van der Waals surface area contributed by atoms with E-state index >= 15 is 0 Å². The first kappa shape index (κ1) is 12.9. The highest BCUT2D eigenvalue weighted by atomic mass is 79.9. The monoisotopic (exact) mass is 306 g/mol. The van der Waals surface area contributed by atoms with Gasteiger partial charge in [-0.25, -0.2) is 4.98 Å². The van der Waals surface area contributed by atoms with Crippen LogP contribution in [0.1, 0.15) is 11.1 Å². The highest BCUT2D eigenvalue weighted by Crippen LogP contribution is 2.22. The molecule has 0 aliphatic heterocycles. The molecule has 1 heterocycles. The van der Waals surface area contributed by atoms with Crippen molar-refractivity contribution in [2.75, 3.05) is 12.4 Å². The van der Waals surface area contributed by atoms with Crippen molar-refractivity contribution < 1.29 is 4.74 Å². The third kappa shape index (κ3) is 3.01. The van der Waals surface area contributed by atoms with Gasteiger partial charge in [0.2, 0.25) is 5.88 Å². The number of hydrogen-bond donors (Lipinski definition) is 1. The molecule has 0 fully saturated rings. The van der Waals surface area contributed by atoms with E-state index in [2.05, 4.69) is 45.3 Å². The summed E-state index contributed by atoms with van der Waals surface area (Å²) in [6.45, 7) is 2.77. The van der Waals surface area contributed by atoms with Gasteiger partial charge in [0.1, 0.15) is 0 Å². The molecule has 0 amide bonds. The number of nitrogens with zero attached hydrogens (tertiary/aromatic N) is 1. The van der Waals surface area contributed by atoms with Crippen molar-refractivity contribution in [1.29, 1.82) is 0 Å². The molecule has 2 rings (SSSR count). The SMILES string of the molecule is COc1ncccc1CNc1ccc(Br)cc1C. The highest BCUT2D eigenvalue weighted by Gasteiger charge is 2.04. The van der Waals surface area contributed by atoms with Crippen molar-refractivity contribution in [2.45, 2.75) is 13.5 Å². The van der Waals surface area contributed by atoms with Gasteiger partial charge in [0.05, 0.1) is 7.11 Å². The van der Waals surface area contributed by atoms with E-state index in [0.717, 1.165) is 15.7 Å². The van der Waals surface area contributed by atoms with E-state index in [1.165, 1.54) is 5.56 Å². The second kappa shape index (κ2) is 5.87. The molecular formula is C14H15BrN2O. The number of nitrogens with one attached hydrogen (secondary N) is 1. The second-order valence-corrected chi connectivity index (χ2v) is 4.90. The van der Waals surface area contributed by atoms with Gasteiger partial charge in [-0.3, -0.25) is 0 Å². The molecule has 3 nitrogen and oxygen atoms in total. The number of aromatic nitrogens is 1.